The quantitative estimate of drug-likeness (QED) is 0.702. The molecule has 1 aliphatic rings. The molecule has 0 aliphatic carbocycles. The van der Waals surface area contributed by atoms with Crippen molar-refractivity contribution in [1.82, 2.24) is 5.32 Å². The summed E-state index contributed by atoms with van der Waals surface area (Å²) < 4.78 is 0. The third-order valence-electron chi connectivity index (χ3n) is 2.39. The van der Waals surface area contributed by atoms with Crippen molar-refractivity contribution in [2.24, 2.45) is 0 Å². The minimum atomic E-state index is 0.669. The Bertz CT molecular complexity index is 323. The normalized spacial score (nSPS) is 16.5. The Morgan fingerprint density at radius 2 is 2.08 bits per heavy atom. The Kier molecular flexibility index (Phi) is 2.77. The molecule has 1 nitrogen and oxygen atoms in total. The zero-order chi connectivity index (χ0) is 9.26. The zero-order valence-electron chi connectivity index (χ0n) is 7.24. The summed E-state index contributed by atoms with van der Waals surface area (Å²) in [5, 5.41) is 4.76. The molecule has 1 aliphatic heterocycles. The highest BCUT2D eigenvalue weighted by molar-refractivity contribution is 6.42. The highest BCUT2D eigenvalue weighted by Crippen LogP contribution is 2.30. The van der Waals surface area contributed by atoms with Gasteiger partial charge in [-0.3, -0.25) is 0 Å². The molecule has 0 saturated carbocycles. The standard InChI is InChI=1S/C10H11Cl2N/c11-9-4-3-7-6-13-5-1-2-8(7)10(9)12/h3-4,13H,1-2,5-6H2. The molecular formula is C10H11Cl2N. The van der Waals surface area contributed by atoms with Gasteiger partial charge in [-0.15, -0.1) is 0 Å². The van der Waals surface area contributed by atoms with E-state index in [0.717, 1.165) is 31.0 Å². The Morgan fingerprint density at radius 3 is 2.92 bits per heavy atom. The maximum atomic E-state index is 6.12. The van der Waals surface area contributed by atoms with Crippen molar-refractivity contribution in [1.29, 1.82) is 0 Å². The lowest BCUT2D eigenvalue weighted by Gasteiger charge is -2.08. The highest BCUT2D eigenvalue weighted by Gasteiger charge is 2.12. The number of hydrogen-bond acceptors (Lipinski definition) is 1. The molecule has 0 amide bonds. The summed E-state index contributed by atoms with van der Waals surface area (Å²) in [5.74, 6) is 0. The summed E-state index contributed by atoms with van der Waals surface area (Å²) in [7, 11) is 0. The molecule has 1 N–H and O–H groups in total. The second-order valence-corrected chi connectivity index (χ2v) is 4.06. The number of fused-ring (bicyclic) bond motifs is 1. The van der Waals surface area contributed by atoms with E-state index >= 15 is 0 Å². The van der Waals surface area contributed by atoms with Crippen LogP contribution >= 0.6 is 23.2 Å². The van der Waals surface area contributed by atoms with Crippen molar-refractivity contribution in [3.8, 4) is 0 Å². The fourth-order valence-electron chi connectivity index (χ4n) is 1.68. The number of rotatable bonds is 0. The van der Waals surface area contributed by atoms with Crippen molar-refractivity contribution in [3.63, 3.8) is 0 Å². The van der Waals surface area contributed by atoms with E-state index in [9.17, 15) is 0 Å². The van der Waals surface area contributed by atoms with Gasteiger partial charge in [-0.2, -0.15) is 0 Å². The first-order chi connectivity index (χ1) is 6.29. The van der Waals surface area contributed by atoms with Gasteiger partial charge in [0, 0.05) is 6.54 Å². The first-order valence-corrected chi connectivity index (χ1v) is 5.21. The predicted molar refractivity (Wildman–Crippen MR) is 56.5 cm³/mol. The molecule has 1 aromatic rings. The van der Waals surface area contributed by atoms with Crippen LogP contribution in [0.4, 0.5) is 0 Å². The zero-order valence-corrected chi connectivity index (χ0v) is 8.75. The average molecular weight is 216 g/mol. The summed E-state index contributed by atoms with van der Waals surface area (Å²) in [6.07, 6.45) is 2.16. The third-order valence-corrected chi connectivity index (χ3v) is 3.23. The summed E-state index contributed by atoms with van der Waals surface area (Å²) >= 11 is 12.1. The van der Waals surface area contributed by atoms with Crippen molar-refractivity contribution < 1.29 is 0 Å². The molecule has 1 heterocycles. The van der Waals surface area contributed by atoms with Crippen LogP contribution in [0.5, 0.6) is 0 Å². The fraction of sp³-hybridized carbons (Fsp3) is 0.400. The second-order valence-electron chi connectivity index (χ2n) is 3.28. The van der Waals surface area contributed by atoms with Gasteiger partial charge in [-0.1, -0.05) is 29.3 Å². The molecule has 13 heavy (non-hydrogen) atoms. The van der Waals surface area contributed by atoms with E-state index < -0.39 is 0 Å². The monoisotopic (exact) mass is 215 g/mol. The van der Waals surface area contributed by atoms with Gasteiger partial charge < -0.3 is 5.32 Å². The van der Waals surface area contributed by atoms with Gasteiger partial charge in [0.25, 0.3) is 0 Å². The molecular weight excluding hydrogens is 205 g/mol. The molecule has 0 saturated heterocycles. The van der Waals surface area contributed by atoms with Crippen molar-refractivity contribution >= 4 is 23.2 Å². The molecule has 0 unspecified atom stereocenters. The minimum Gasteiger partial charge on any atom is -0.313 e. The van der Waals surface area contributed by atoms with Gasteiger partial charge in [-0.05, 0) is 36.6 Å². The van der Waals surface area contributed by atoms with Crippen LogP contribution < -0.4 is 5.32 Å². The maximum absolute atomic E-state index is 6.12. The van der Waals surface area contributed by atoms with E-state index in [1.54, 1.807) is 0 Å². The first-order valence-electron chi connectivity index (χ1n) is 4.45. The maximum Gasteiger partial charge on any atom is 0.0627 e. The molecule has 3 heteroatoms. The van der Waals surface area contributed by atoms with Gasteiger partial charge in [0.05, 0.1) is 10.0 Å². The topological polar surface area (TPSA) is 12.0 Å². The van der Waals surface area contributed by atoms with E-state index in [4.69, 9.17) is 23.2 Å². The van der Waals surface area contributed by atoms with Gasteiger partial charge >= 0.3 is 0 Å². The molecule has 0 atom stereocenters. The summed E-state index contributed by atoms with van der Waals surface area (Å²) in [6, 6.07) is 3.93. The van der Waals surface area contributed by atoms with Crippen LogP contribution in [-0.4, -0.2) is 6.54 Å². The molecule has 0 spiro atoms. The minimum absolute atomic E-state index is 0.669. The van der Waals surface area contributed by atoms with Crippen LogP contribution in [0.3, 0.4) is 0 Å². The van der Waals surface area contributed by atoms with Gasteiger partial charge in [0.15, 0.2) is 0 Å². The predicted octanol–water partition coefficient (Wildman–Crippen LogP) is 3.03. The molecule has 0 aromatic heterocycles. The van der Waals surface area contributed by atoms with E-state index in [1.165, 1.54) is 11.1 Å². The fourth-order valence-corrected chi connectivity index (χ4v) is 2.14. The highest BCUT2D eigenvalue weighted by atomic mass is 35.5. The molecule has 1 aromatic carbocycles. The Balaban J connectivity index is 2.48. The Labute approximate surface area is 88.0 Å². The van der Waals surface area contributed by atoms with Crippen molar-refractivity contribution in [2.45, 2.75) is 19.4 Å². The second kappa shape index (κ2) is 3.87. The summed E-state index contributed by atoms with van der Waals surface area (Å²) in [6.45, 7) is 1.97. The van der Waals surface area contributed by atoms with Crippen LogP contribution in [0, 0.1) is 0 Å². The third kappa shape index (κ3) is 1.83. The van der Waals surface area contributed by atoms with Crippen LogP contribution in [0.2, 0.25) is 10.0 Å². The molecule has 70 valence electrons. The van der Waals surface area contributed by atoms with Crippen LogP contribution in [0.1, 0.15) is 17.5 Å². The number of benzene rings is 1. The smallest absolute Gasteiger partial charge is 0.0627 e. The molecule has 0 radical (unpaired) electrons. The lowest BCUT2D eigenvalue weighted by molar-refractivity contribution is 0.681. The van der Waals surface area contributed by atoms with E-state index in [2.05, 4.69) is 11.4 Å². The number of hydrogen-bond donors (Lipinski definition) is 1. The van der Waals surface area contributed by atoms with Gasteiger partial charge in [-0.25, -0.2) is 0 Å². The number of nitrogens with one attached hydrogen (secondary N) is 1. The first kappa shape index (κ1) is 9.32. The Hall–Kier alpha value is -0.240. The van der Waals surface area contributed by atoms with Crippen LogP contribution in [-0.2, 0) is 13.0 Å². The van der Waals surface area contributed by atoms with Crippen molar-refractivity contribution in [3.05, 3.63) is 33.3 Å². The average Bonchev–Trinajstić information content (AvgIpc) is 2.36. The lowest BCUT2D eigenvalue weighted by atomic mass is 10.0. The molecule has 2 rings (SSSR count). The van der Waals surface area contributed by atoms with Crippen LogP contribution in [0.15, 0.2) is 12.1 Å². The summed E-state index contributed by atoms with van der Waals surface area (Å²) in [5.41, 5.74) is 2.51. The largest absolute Gasteiger partial charge is 0.313 e. The van der Waals surface area contributed by atoms with Crippen LogP contribution in [0.25, 0.3) is 0 Å². The van der Waals surface area contributed by atoms with Gasteiger partial charge in [0.1, 0.15) is 0 Å². The Morgan fingerprint density at radius 1 is 1.23 bits per heavy atom. The van der Waals surface area contributed by atoms with E-state index in [0.29, 0.717) is 5.02 Å². The SMILES string of the molecule is Clc1ccc2c(c1Cl)CCCNC2. The number of halogens is 2. The lowest BCUT2D eigenvalue weighted by Crippen LogP contribution is -2.11. The molecule has 0 fully saturated rings. The summed E-state index contributed by atoms with van der Waals surface area (Å²) in [4.78, 5) is 0. The van der Waals surface area contributed by atoms with Gasteiger partial charge in [0.2, 0.25) is 0 Å². The molecule has 0 bridgehead atoms. The van der Waals surface area contributed by atoms with E-state index in [-0.39, 0.29) is 0 Å². The van der Waals surface area contributed by atoms with Crippen molar-refractivity contribution in [2.75, 3.05) is 6.54 Å². The van der Waals surface area contributed by atoms with E-state index in [1.807, 2.05) is 6.07 Å².